The fraction of sp³-hybridized carbons (Fsp3) is 0.400. The molecule has 7 nitrogen and oxygen atoms in total. The number of benzene rings is 2. The summed E-state index contributed by atoms with van der Waals surface area (Å²) in [5, 5.41) is 15.8. The molecule has 4 rings (SSSR count). The van der Waals surface area contributed by atoms with Crippen LogP contribution in [0, 0.1) is 6.92 Å². The molecule has 0 spiro atoms. The van der Waals surface area contributed by atoms with Crippen LogP contribution in [0.1, 0.15) is 66.1 Å². The number of aryl methyl sites for hydroxylation is 1. The largest absolute Gasteiger partial charge is 0.348 e. The van der Waals surface area contributed by atoms with Crippen molar-refractivity contribution < 1.29 is 4.79 Å². The molecule has 0 radical (unpaired) electrons. The van der Waals surface area contributed by atoms with Crippen LogP contribution in [-0.4, -0.2) is 56.2 Å². The summed E-state index contributed by atoms with van der Waals surface area (Å²) in [4.78, 5) is 19.8. The number of para-hydroxylation sites is 1. The Morgan fingerprint density at radius 1 is 1.08 bits per heavy atom. The minimum absolute atomic E-state index is 0.105. The minimum atomic E-state index is -0.105. The van der Waals surface area contributed by atoms with Gasteiger partial charge in [0.1, 0.15) is 16.5 Å². The van der Waals surface area contributed by atoms with Gasteiger partial charge >= 0.3 is 0 Å². The lowest BCUT2D eigenvalue weighted by molar-refractivity contribution is 0.0932. The first-order chi connectivity index (χ1) is 19.0. The third-order valence-electron chi connectivity index (χ3n) is 6.75. The number of thiazole rings is 1. The zero-order valence-corrected chi connectivity index (χ0v) is 24.9. The highest BCUT2D eigenvalue weighted by molar-refractivity contribution is 7.98. The topological polar surface area (TPSA) is 75.9 Å². The van der Waals surface area contributed by atoms with Gasteiger partial charge in [0.25, 0.3) is 5.91 Å². The van der Waals surface area contributed by atoms with E-state index in [1.54, 1.807) is 11.8 Å². The third-order valence-corrected chi connectivity index (χ3v) is 8.73. The van der Waals surface area contributed by atoms with Gasteiger partial charge in [-0.2, -0.15) is 0 Å². The Morgan fingerprint density at radius 3 is 2.56 bits per heavy atom. The molecule has 2 aromatic carbocycles. The van der Waals surface area contributed by atoms with Crippen molar-refractivity contribution in [3.05, 3.63) is 87.6 Å². The number of aromatic nitrogens is 4. The zero-order chi connectivity index (χ0) is 27.6. The first kappa shape index (κ1) is 29.0. The molecular weight excluding hydrogens is 525 g/mol. The summed E-state index contributed by atoms with van der Waals surface area (Å²) in [5.41, 5.74) is 3.91. The number of carbonyl (C=O) groups is 1. The number of amides is 1. The Hall–Kier alpha value is -3.01. The van der Waals surface area contributed by atoms with Crippen molar-refractivity contribution in [3.63, 3.8) is 0 Å². The number of hydrogen-bond acceptors (Lipinski definition) is 7. The third kappa shape index (κ3) is 8.00. The summed E-state index contributed by atoms with van der Waals surface area (Å²) >= 11 is 3.10. The van der Waals surface area contributed by atoms with Gasteiger partial charge in [0.05, 0.1) is 11.4 Å². The normalized spacial score (nSPS) is 12.1. The lowest BCUT2D eigenvalue weighted by Crippen LogP contribution is -2.33. The van der Waals surface area contributed by atoms with Crippen molar-refractivity contribution in [2.45, 2.75) is 63.9 Å². The molecule has 1 unspecified atom stereocenters. The molecule has 1 amide bonds. The Labute approximate surface area is 240 Å². The monoisotopic (exact) mass is 562 g/mol. The van der Waals surface area contributed by atoms with Crippen molar-refractivity contribution in [2.24, 2.45) is 0 Å². The van der Waals surface area contributed by atoms with E-state index in [2.05, 4.69) is 81.9 Å². The van der Waals surface area contributed by atoms with E-state index >= 15 is 0 Å². The number of nitrogens with one attached hydrogen (secondary N) is 1. The molecule has 0 saturated carbocycles. The second-order valence-corrected chi connectivity index (χ2v) is 11.5. The lowest BCUT2D eigenvalue weighted by Gasteiger charge is -2.19. The Morgan fingerprint density at radius 2 is 1.82 bits per heavy atom. The van der Waals surface area contributed by atoms with Crippen LogP contribution in [0.15, 0.2) is 65.1 Å². The van der Waals surface area contributed by atoms with Crippen LogP contribution in [0.25, 0.3) is 5.69 Å². The summed E-state index contributed by atoms with van der Waals surface area (Å²) < 4.78 is 2.15. The molecule has 0 aliphatic rings. The van der Waals surface area contributed by atoms with E-state index in [-0.39, 0.29) is 11.9 Å². The van der Waals surface area contributed by atoms with Crippen molar-refractivity contribution in [3.8, 4) is 5.69 Å². The van der Waals surface area contributed by atoms with Crippen molar-refractivity contribution >= 4 is 29.0 Å². The summed E-state index contributed by atoms with van der Waals surface area (Å²) in [6.45, 7) is 11.7. The zero-order valence-electron chi connectivity index (χ0n) is 23.3. The van der Waals surface area contributed by atoms with E-state index in [1.165, 1.54) is 16.9 Å². The fourth-order valence-electron chi connectivity index (χ4n) is 4.48. The molecule has 9 heteroatoms. The summed E-state index contributed by atoms with van der Waals surface area (Å²) in [6.07, 6.45) is 2.71. The molecule has 2 aromatic heterocycles. The molecule has 0 bridgehead atoms. The average molecular weight is 563 g/mol. The van der Waals surface area contributed by atoms with Crippen LogP contribution in [0.3, 0.4) is 0 Å². The Kier molecular flexibility index (Phi) is 10.7. The minimum Gasteiger partial charge on any atom is -0.348 e. The first-order valence-corrected chi connectivity index (χ1v) is 15.5. The predicted octanol–water partition coefficient (Wildman–Crippen LogP) is 6.16. The maximum atomic E-state index is 12.8. The maximum absolute atomic E-state index is 12.8. The van der Waals surface area contributed by atoms with E-state index in [0.29, 0.717) is 17.9 Å². The number of thioether (sulfide) groups is 1. The van der Waals surface area contributed by atoms with E-state index in [9.17, 15) is 4.79 Å². The van der Waals surface area contributed by atoms with Crippen LogP contribution in [0.2, 0.25) is 0 Å². The number of hydrogen-bond donors (Lipinski definition) is 1. The van der Waals surface area contributed by atoms with Gasteiger partial charge in [-0.3, -0.25) is 9.36 Å². The summed E-state index contributed by atoms with van der Waals surface area (Å²) in [7, 11) is 0. The second-order valence-electron chi connectivity index (χ2n) is 9.64. The Balaban J connectivity index is 1.40. The highest BCUT2D eigenvalue weighted by atomic mass is 32.2. The highest BCUT2D eigenvalue weighted by Crippen LogP contribution is 2.28. The van der Waals surface area contributed by atoms with Crippen LogP contribution in [0.4, 0.5) is 0 Å². The smallest absolute Gasteiger partial charge is 0.270 e. The predicted molar refractivity (Wildman–Crippen MR) is 161 cm³/mol. The Bertz CT molecular complexity index is 1330. The molecule has 39 heavy (non-hydrogen) atoms. The van der Waals surface area contributed by atoms with Gasteiger partial charge in [-0.1, -0.05) is 74.1 Å². The van der Waals surface area contributed by atoms with Crippen LogP contribution < -0.4 is 5.32 Å². The molecule has 4 aromatic rings. The van der Waals surface area contributed by atoms with E-state index in [1.807, 2.05) is 35.7 Å². The van der Waals surface area contributed by atoms with Gasteiger partial charge in [-0.15, -0.1) is 21.5 Å². The van der Waals surface area contributed by atoms with Gasteiger partial charge in [0.2, 0.25) is 0 Å². The van der Waals surface area contributed by atoms with Gasteiger partial charge in [-0.25, -0.2) is 4.98 Å². The standard InChI is InChI=1S/C30H38N6OS2/c1-5-35(6-2)18-12-14-23(4)31-29(37)25-20-38-28(32-25)21-39-30-34-33-27(19-24-15-8-7-9-16-24)36(30)26-17-11-10-13-22(26)3/h7-11,13,15-17,20,23H,5-6,12,14,18-19,21H2,1-4H3,(H,31,37). The van der Waals surface area contributed by atoms with Gasteiger partial charge < -0.3 is 10.2 Å². The summed E-state index contributed by atoms with van der Waals surface area (Å²) in [6, 6.07) is 18.7. The van der Waals surface area contributed by atoms with Crippen LogP contribution >= 0.6 is 23.1 Å². The van der Waals surface area contributed by atoms with E-state index in [0.717, 1.165) is 59.7 Å². The average Bonchev–Trinajstić information content (AvgIpc) is 3.58. The van der Waals surface area contributed by atoms with Crippen molar-refractivity contribution in [1.29, 1.82) is 0 Å². The second kappa shape index (κ2) is 14.4. The van der Waals surface area contributed by atoms with Crippen molar-refractivity contribution in [2.75, 3.05) is 19.6 Å². The van der Waals surface area contributed by atoms with Gasteiger partial charge in [0.15, 0.2) is 5.16 Å². The summed E-state index contributed by atoms with van der Waals surface area (Å²) in [5.74, 6) is 1.41. The molecule has 1 atom stereocenters. The van der Waals surface area contributed by atoms with E-state index in [4.69, 9.17) is 0 Å². The van der Waals surface area contributed by atoms with Crippen molar-refractivity contribution in [1.82, 2.24) is 30.0 Å². The molecule has 0 aliphatic carbocycles. The van der Waals surface area contributed by atoms with Crippen LogP contribution in [0.5, 0.6) is 0 Å². The molecule has 0 saturated heterocycles. The molecule has 0 aliphatic heterocycles. The van der Waals surface area contributed by atoms with Gasteiger partial charge in [0, 0.05) is 17.8 Å². The number of carbonyl (C=O) groups excluding carboxylic acids is 1. The van der Waals surface area contributed by atoms with Crippen LogP contribution in [-0.2, 0) is 12.2 Å². The number of nitrogens with zero attached hydrogens (tertiary/aromatic N) is 5. The number of rotatable bonds is 14. The SMILES string of the molecule is CCN(CC)CCCC(C)NC(=O)c1csc(CSc2nnc(Cc3ccccc3)n2-c2ccccc2C)n1. The van der Waals surface area contributed by atoms with Gasteiger partial charge in [-0.05, 0) is 63.5 Å². The quantitative estimate of drug-likeness (QED) is 0.186. The molecule has 0 fully saturated rings. The van der Waals surface area contributed by atoms with E-state index < -0.39 is 0 Å². The molecule has 1 N–H and O–H groups in total. The maximum Gasteiger partial charge on any atom is 0.270 e. The first-order valence-electron chi connectivity index (χ1n) is 13.6. The molecular formula is C30H38N6OS2. The highest BCUT2D eigenvalue weighted by Gasteiger charge is 2.18. The lowest BCUT2D eigenvalue weighted by atomic mass is 10.1. The molecule has 206 valence electrons. The molecule has 2 heterocycles. The fourth-order valence-corrected chi connectivity index (χ4v) is 6.24.